The number of rotatable bonds is 5. The summed E-state index contributed by atoms with van der Waals surface area (Å²) in [6.07, 6.45) is 0.908. The summed E-state index contributed by atoms with van der Waals surface area (Å²) in [6, 6.07) is 12.0. The number of hydrogen-bond acceptors (Lipinski definition) is 1. The fourth-order valence-corrected chi connectivity index (χ4v) is 3.56. The molecule has 1 nitrogen and oxygen atoms in total. The Morgan fingerprint density at radius 1 is 0.840 bits per heavy atom. The van der Waals surface area contributed by atoms with Crippen LogP contribution in [0.1, 0.15) is 57.7 Å². The molecule has 0 aliphatic carbocycles. The Hall–Kier alpha value is -1.18. The van der Waals surface area contributed by atoms with Crippen LogP contribution in [0.3, 0.4) is 0 Å². The molecule has 2 rings (SSSR count). The van der Waals surface area contributed by atoms with Gasteiger partial charge in [0.1, 0.15) is 5.75 Å². The fraction of sp³-hybridized carbons (Fsp3) is 0.455. The van der Waals surface area contributed by atoms with E-state index in [4.69, 9.17) is 27.9 Å². The molecule has 3 heteroatoms. The summed E-state index contributed by atoms with van der Waals surface area (Å²) in [7, 11) is 0. The zero-order chi connectivity index (χ0) is 18.8. The first-order valence-electron chi connectivity index (χ1n) is 8.70. The van der Waals surface area contributed by atoms with Gasteiger partial charge in [0.25, 0.3) is 0 Å². The van der Waals surface area contributed by atoms with Gasteiger partial charge in [-0.3, -0.25) is 0 Å². The van der Waals surface area contributed by atoms with Crippen LogP contribution in [-0.2, 0) is 10.8 Å². The lowest BCUT2D eigenvalue weighted by molar-refractivity contribution is 0.267. The van der Waals surface area contributed by atoms with E-state index < -0.39 is 0 Å². The van der Waals surface area contributed by atoms with Crippen LogP contribution in [0.5, 0.6) is 5.75 Å². The van der Waals surface area contributed by atoms with Crippen molar-refractivity contribution >= 4 is 23.2 Å². The molecule has 0 aromatic heterocycles. The van der Waals surface area contributed by atoms with Gasteiger partial charge >= 0.3 is 0 Å². The van der Waals surface area contributed by atoms with Crippen LogP contribution in [0.25, 0.3) is 0 Å². The molecule has 0 heterocycles. The minimum Gasteiger partial charge on any atom is -0.493 e. The number of ether oxygens (including phenoxy) is 1. The first-order chi connectivity index (χ1) is 11.5. The van der Waals surface area contributed by atoms with Crippen molar-refractivity contribution in [1.82, 2.24) is 0 Å². The molecule has 0 spiro atoms. The van der Waals surface area contributed by atoms with Crippen molar-refractivity contribution in [2.24, 2.45) is 0 Å². The Bertz CT molecular complexity index is 742. The van der Waals surface area contributed by atoms with Gasteiger partial charge in [0.15, 0.2) is 0 Å². The normalized spacial score (nSPS) is 12.3. The summed E-state index contributed by atoms with van der Waals surface area (Å²) in [6.45, 7) is 13.8. The Kier molecular flexibility index (Phi) is 6.12. The van der Waals surface area contributed by atoms with Gasteiger partial charge in [-0.2, -0.15) is 0 Å². The van der Waals surface area contributed by atoms with E-state index in [1.807, 2.05) is 24.3 Å². The van der Waals surface area contributed by atoms with Crippen LogP contribution in [0.2, 0.25) is 10.0 Å². The van der Waals surface area contributed by atoms with Crippen molar-refractivity contribution in [1.29, 1.82) is 0 Å². The van der Waals surface area contributed by atoms with Crippen LogP contribution in [-0.4, -0.2) is 6.61 Å². The molecule has 136 valence electrons. The van der Waals surface area contributed by atoms with Gasteiger partial charge in [0.2, 0.25) is 0 Å². The number of hydrogen-bond donors (Lipinski definition) is 0. The quantitative estimate of drug-likeness (QED) is 0.528. The van der Waals surface area contributed by atoms with Gasteiger partial charge in [-0.05, 0) is 65.1 Å². The second kappa shape index (κ2) is 7.60. The van der Waals surface area contributed by atoms with Crippen LogP contribution in [0.4, 0.5) is 0 Å². The third-order valence-electron chi connectivity index (χ3n) is 4.65. The smallest absolute Gasteiger partial charge is 0.124 e. The zero-order valence-electron chi connectivity index (χ0n) is 16.0. The van der Waals surface area contributed by atoms with Gasteiger partial charge in [0, 0.05) is 10.0 Å². The molecule has 0 N–H and O–H groups in total. The molecular formula is C22H28Cl2O. The van der Waals surface area contributed by atoms with Crippen molar-refractivity contribution in [3.05, 3.63) is 63.1 Å². The molecule has 0 fully saturated rings. The maximum atomic E-state index is 6.17. The van der Waals surface area contributed by atoms with Crippen molar-refractivity contribution in [2.75, 3.05) is 6.61 Å². The van der Waals surface area contributed by atoms with E-state index in [-0.39, 0.29) is 10.8 Å². The van der Waals surface area contributed by atoms with Gasteiger partial charge in [-0.25, -0.2) is 0 Å². The molecule has 0 aliphatic heterocycles. The first kappa shape index (κ1) is 20.1. The van der Waals surface area contributed by atoms with Crippen molar-refractivity contribution in [2.45, 2.75) is 58.8 Å². The van der Waals surface area contributed by atoms with Crippen LogP contribution in [0.15, 0.2) is 36.4 Å². The maximum Gasteiger partial charge on any atom is 0.124 e. The molecule has 0 radical (unpaired) electrons. The van der Waals surface area contributed by atoms with Gasteiger partial charge in [-0.15, -0.1) is 0 Å². The van der Waals surface area contributed by atoms with Crippen LogP contribution in [0, 0.1) is 6.92 Å². The SMILES string of the molecule is Cc1cc(Cl)ccc1C(C)(C)CCOc1cc(Cl)ccc1C(C)(C)C. The zero-order valence-corrected chi connectivity index (χ0v) is 17.6. The molecule has 0 bridgehead atoms. The van der Waals surface area contributed by atoms with Crippen LogP contribution < -0.4 is 4.74 Å². The molecule has 0 saturated heterocycles. The topological polar surface area (TPSA) is 9.23 Å². The lowest BCUT2D eigenvalue weighted by Crippen LogP contribution is -2.22. The second-order valence-corrected chi connectivity index (χ2v) is 9.20. The lowest BCUT2D eigenvalue weighted by atomic mass is 9.79. The monoisotopic (exact) mass is 378 g/mol. The minimum absolute atomic E-state index is 0.00907. The van der Waals surface area contributed by atoms with Gasteiger partial charge < -0.3 is 4.74 Å². The summed E-state index contributed by atoms with van der Waals surface area (Å²) in [5.41, 5.74) is 3.73. The Morgan fingerprint density at radius 3 is 1.96 bits per heavy atom. The Labute approximate surface area is 162 Å². The van der Waals surface area contributed by atoms with E-state index in [1.54, 1.807) is 0 Å². The second-order valence-electron chi connectivity index (χ2n) is 8.33. The highest BCUT2D eigenvalue weighted by Crippen LogP contribution is 2.35. The first-order valence-corrected chi connectivity index (χ1v) is 9.46. The third-order valence-corrected chi connectivity index (χ3v) is 5.12. The summed E-state index contributed by atoms with van der Waals surface area (Å²) < 4.78 is 6.15. The standard InChI is InChI=1S/C22H28Cl2O/c1-15-13-16(23)7-9-18(15)22(5,6)11-12-25-20-14-17(24)8-10-19(20)21(2,3)4/h7-10,13-14H,11-12H2,1-6H3. The fourth-order valence-electron chi connectivity index (χ4n) is 3.17. The van der Waals surface area contributed by atoms with Gasteiger partial charge in [0.05, 0.1) is 6.61 Å². The van der Waals surface area contributed by atoms with Crippen molar-refractivity contribution in [3.63, 3.8) is 0 Å². The highest BCUT2D eigenvalue weighted by molar-refractivity contribution is 6.31. The van der Waals surface area contributed by atoms with E-state index in [0.29, 0.717) is 11.6 Å². The average molecular weight is 379 g/mol. The molecule has 2 aromatic rings. The summed E-state index contributed by atoms with van der Waals surface area (Å²) in [5.74, 6) is 0.878. The van der Waals surface area contributed by atoms with Gasteiger partial charge in [-0.1, -0.05) is 70.0 Å². The summed E-state index contributed by atoms with van der Waals surface area (Å²) >= 11 is 12.3. The molecule has 25 heavy (non-hydrogen) atoms. The van der Waals surface area contributed by atoms with E-state index in [1.165, 1.54) is 16.7 Å². The Balaban J connectivity index is 2.13. The molecule has 0 amide bonds. The minimum atomic E-state index is 0.00907. The largest absolute Gasteiger partial charge is 0.493 e. The van der Waals surface area contributed by atoms with Crippen molar-refractivity contribution < 1.29 is 4.74 Å². The van der Waals surface area contributed by atoms with E-state index >= 15 is 0 Å². The molecule has 0 unspecified atom stereocenters. The third kappa shape index (κ3) is 5.15. The molecule has 0 atom stereocenters. The summed E-state index contributed by atoms with van der Waals surface area (Å²) in [4.78, 5) is 0. The lowest BCUT2D eigenvalue weighted by Gasteiger charge is -2.28. The van der Waals surface area contributed by atoms with E-state index in [2.05, 4.69) is 53.7 Å². The van der Waals surface area contributed by atoms with E-state index in [0.717, 1.165) is 17.2 Å². The highest BCUT2D eigenvalue weighted by Gasteiger charge is 2.24. The number of halogens is 2. The molecule has 0 aliphatic rings. The van der Waals surface area contributed by atoms with Crippen LogP contribution >= 0.6 is 23.2 Å². The molecule has 2 aromatic carbocycles. The predicted octanol–water partition coefficient (Wildman–Crippen LogP) is 7.35. The summed E-state index contributed by atoms with van der Waals surface area (Å²) in [5, 5.41) is 1.48. The highest BCUT2D eigenvalue weighted by atomic mass is 35.5. The van der Waals surface area contributed by atoms with Crippen molar-refractivity contribution in [3.8, 4) is 5.75 Å². The number of aryl methyl sites for hydroxylation is 1. The number of benzene rings is 2. The average Bonchev–Trinajstić information content (AvgIpc) is 2.45. The van der Waals surface area contributed by atoms with E-state index in [9.17, 15) is 0 Å². The maximum absolute atomic E-state index is 6.17. The predicted molar refractivity (Wildman–Crippen MR) is 109 cm³/mol. The Morgan fingerprint density at radius 2 is 1.40 bits per heavy atom. The molecular weight excluding hydrogens is 351 g/mol. The molecule has 0 saturated carbocycles.